The first-order valence-electron chi connectivity index (χ1n) is 9.60. The van der Waals surface area contributed by atoms with Gasteiger partial charge < -0.3 is 0 Å². The van der Waals surface area contributed by atoms with Crippen molar-refractivity contribution in [2.75, 3.05) is 0 Å². The maximum absolute atomic E-state index is 12.1. The molecule has 4 rings (SSSR count). The third kappa shape index (κ3) is 2.06. The molecule has 3 fully saturated rings. The van der Waals surface area contributed by atoms with Crippen LogP contribution in [0, 0.1) is 34.5 Å². The Morgan fingerprint density at radius 1 is 1.04 bits per heavy atom. The molecule has 23 heavy (non-hydrogen) atoms. The number of allylic oxidation sites excluding steroid dienone is 1. The molecule has 4 aliphatic rings. The smallest absolute Gasteiger partial charge is 0.155 e. The molecule has 0 aromatic heterocycles. The zero-order valence-electron chi connectivity index (χ0n) is 14.9. The lowest BCUT2D eigenvalue weighted by Gasteiger charge is -2.58. The van der Waals surface area contributed by atoms with Gasteiger partial charge in [-0.3, -0.25) is 9.59 Å². The van der Waals surface area contributed by atoms with Gasteiger partial charge in [-0.1, -0.05) is 19.4 Å². The van der Waals surface area contributed by atoms with E-state index >= 15 is 0 Å². The zero-order chi connectivity index (χ0) is 16.4. The van der Waals surface area contributed by atoms with Gasteiger partial charge in [0.2, 0.25) is 0 Å². The van der Waals surface area contributed by atoms with Gasteiger partial charge in [0.05, 0.1) is 0 Å². The van der Waals surface area contributed by atoms with Crippen molar-refractivity contribution in [3.63, 3.8) is 0 Å². The molecule has 126 valence electrons. The first-order chi connectivity index (χ1) is 10.9. The minimum Gasteiger partial charge on any atom is -0.300 e. The molecular weight excluding hydrogens is 284 g/mol. The van der Waals surface area contributed by atoms with Gasteiger partial charge in [0.15, 0.2) is 5.78 Å². The fraction of sp³-hybridized carbons (Fsp3) is 0.810. The minimum atomic E-state index is 0.245. The number of Topliss-reactive ketones (excluding diaryl/α,β-unsaturated/α-hetero) is 1. The molecule has 0 heterocycles. The molecule has 0 bridgehead atoms. The molecule has 0 aromatic carbocycles. The monoisotopic (exact) mass is 314 g/mol. The Hall–Kier alpha value is -0.920. The number of carbonyl (C=O) groups excluding carboxylic acids is 2. The molecule has 0 aromatic rings. The number of hydrogen-bond acceptors (Lipinski definition) is 2. The van der Waals surface area contributed by atoms with Crippen molar-refractivity contribution in [2.24, 2.45) is 34.5 Å². The fourth-order valence-corrected chi connectivity index (χ4v) is 7.23. The standard InChI is InChI=1S/C21H30O2/c1-13(22)17-6-7-18-16-5-4-14-12-15(23)8-10-20(14,2)19(16)9-11-21(17,18)3/h12,16-19H,4-11H2,1-3H3/t16-,17-,18+,19+,20?,21?/m1/s1. The summed E-state index contributed by atoms with van der Waals surface area (Å²) in [6, 6.07) is 0. The predicted octanol–water partition coefficient (Wildman–Crippen LogP) is 4.72. The Balaban J connectivity index is 1.67. The van der Waals surface area contributed by atoms with E-state index < -0.39 is 0 Å². The highest BCUT2D eigenvalue weighted by Crippen LogP contribution is 2.66. The molecule has 3 saturated carbocycles. The summed E-state index contributed by atoms with van der Waals surface area (Å²) in [6.45, 7) is 6.65. The summed E-state index contributed by atoms with van der Waals surface area (Å²) >= 11 is 0. The van der Waals surface area contributed by atoms with E-state index in [2.05, 4.69) is 13.8 Å². The van der Waals surface area contributed by atoms with Crippen LogP contribution in [0.2, 0.25) is 0 Å². The molecule has 2 nitrogen and oxygen atoms in total. The number of rotatable bonds is 1. The highest BCUT2D eigenvalue weighted by atomic mass is 16.1. The highest BCUT2D eigenvalue weighted by molar-refractivity contribution is 5.91. The van der Waals surface area contributed by atoms with Crippen LogP contribution in [0.5, 0.6) is 0 Å². The normalized spacial score (nSPS) is 49.0. The van der Waals surface area contributed by atoms with Crippen LogP contribution >= 0.6 is 0 Å². The molecule has 0 radical (unpaired) electrons. The number of hydrogen-bond donors (Lipinski definition) is 0. The largest absolute Gasteiger partial charge is 0.300 e. The first kappa shape index (κ1) is 15.6. The van der Waals surface area contributed by atoms with E-state index in [9.17, 15) is 9.59 Å². The van der Waals surface area contributed by atoms with E-state index in [1.807, 2.05) is 6.08 Å². The Morgan fingerprint density at radius 3 is 2.57 bits per heavy atom. The van der Waals surface area contributed by atoms with Crippen LogP contribution in [-0.4, -0.2) is 11.6 Å². The van der Waals surface area contributed by atoms with Crippen LogP contribution in [0.25, 0.3) is 0 Å². The van der Waals surface area contributed by atoms with Crippen molar-refractivity contribution < 1.29 is 9.59 Å². The lowest BCUT2D eigenvalue weighted by Crippen LogP contribution is -2.51. The lowest BCUT2D eigenvalue weighted by atomic mass is 9.47. The second kappa shape index (κ2) is 5.04. The first-order valence-corrected chi connectivity index (χ1v) is 9.60. The van der Waals surface area contributed by atoms with Crippen LogP contribution in [0.3, 0.4) is 0 Å². The zero-order valence-corrected chi connectivity index (χ0v) is 14.9. The quantitative estimate of drug-likeness (QED) is 0.701. The molecule has 0 spiro atoms. The second-order valence-electron chi connectivity index (χ2n) is 9.25. The van der Waals surface area contributed by atoms with Crippen LogP contribution in [0.1, 0.15) is 72.1 Å². The van der Waals surface area contributed by atoms with Crippen molar-refractivity contribution in [2.45, 2.75) is 72.1 Å². The summed E-state index contributed by atoms with van der Waals surface area (Å²) in [5.74, 6) is 3.29. The van der Waals surface area contributed by atoms with Gasteiger partial charge in [0.25, 0.3) is 0 Å². The van der Waals surface area contributed by atoms with E-state index in [0.717, 1.165) is 43.4 Å². The van der Waals surface area contributed by atoms with Gasteiger partial charge in [-0.25, -0.2) is 0 Å². The van der Waals surface area contributed by atoms with E-state index in [0.29, 0.717) is 17.5 Å². The Morgan fingerprint density at radius 2 is 1.83 bits per heavy atom. The van der Waals surface area contributed by atoms with Gasteiger partial charge in [-0.05, 0) is 86.5 Å². The van der Waals surface area contributed by atoms with Crippen LogP contribution < -0.4 is 0 Å². The van der Waals surface area contributed by atoms with Gasteiger partial charge in [0.1, 0.15) is 5.78 Å². The van der Waals surface area contributed by atoms with Crippen molar-refractivity contribution in [3.8, 4) is 0 Å². The molecule has 2 heteroatoms. The molecule has 0 saturated heterocycles. The van der Waals surface area contributed by atoms with E-state index in [1.165, 1.54) is 31.3 Å². The minimum absolute atomic E-state index is 0.245. The summed E-state index contributed by atoms with van der Waals surface area (Å²) in [7, 11) is 0. The van der Waals surface area contributed by atoms with Gasteiger partial charge in [-0.2, -0.15) is 0 Å². The van der Waals surface area contributed by atoms with Crippen LogP contribution in [0.4, 0.5) is 0 Å². The Kier molecular flexibility index (Phi) is 3.42. The maximum atomic E-state index is 12.1. The third-order valence-corrected chi connectivity index (χ3v) is 8.45. The second-order valence-corrected chi connectivity index (χ2v) is 9.25. The van der Waals surface area contributed by atoms with Crippen molar-refractivity contribution in [1.82, 2.24) is 0 Å². The summed E-state index contributed by atoms with van der Waals surface area (Å²) in [5, 5.41) is 0. The third-order valence-electron chi connectivity index (χ3n) is 8.45. The highest BCUT2D eigenvalue weighted by Gasteiger charge is 2.59. The summed E-state index contributed by atoms with van der Waals surface area (Å²) < 4.78 is 0. The summed E-state index contributed by atoms with van der Waals surface area (Å²) in [6.07, 6.45) is 10.9. The molecule has 6 atom stereocenters. The molecule has 0 amide bonds. The van der Waals surface area contributed by atoms with Gasteiger partial charge in [-0.15, -0.1) is 0 Å². The predicted molar refractivity (Wildman–Crippen MR) is 90.9 cm³/mol. The van der Waals surface area contributed by atoms with E-state index in [1.54, 1.807) is 6.92 Å². The number of ketones is 2. The van der Waals surface area contributed by atoms with Gasteiger partial charge in [0, 0.05) is 12.3 Å². The topological polar surface area (TPSA) is 34.1 Å². The average molecular weight is 314 g/mol. The van der Waals surface area contributed by atoms with Crippen LogP contribution in [0.15, 0.2) is 11.6 Å². The van der Waals surface area contributed by atoms with Crippen molar-refractivity contribution >= 4 is 11.6 Å². The summed E-state index contributed by atoms with van der Waals surface area (Å²) in [5.41, 5.74) is 1.95. The molecular formula is C21H30O2. The molecule has 0 N–H and O–H groups in total. The Bertz CT molecular complexity index is 589. The van der Waals surface area contributed by atoms with Crippen LogP contribution in [-0.2, 0) is 9.59 Å². The fourth-order valence-electron chi connectivity index (χ4n) is 7.23. The molecule has 4 aliphatic carbocycles. The SMILES string of the molecule is CC(=O)[C@H]1CC[C@H]2[C@H]3CCC4=CC(=O)CCC4(C)[C@H]3CCC12C. The van der Waals surface area contributed by atoms with Gasteiger partial charge >= 0.3 is 0 Å². The lowest BCUT2D eigenvalue weighted by molar-refractivity contribution is -0.128. The van der Waals surface area contributed by atoms with Crippen molar-refractivity contribution in [3.05, 3.63) is 11.6 Å². The van der Waals surface area contributed by atoms with Crippen molar-refractivity contribution in [1.29, 1.82) is 0 Å². The van der Waals surface area contributed by atoms with E-state index in [4.69, 9.17) is 0 Å². The number of fused-ring (bicyclic) bond motifs is 5. The summed E-state index contributed by atoms with van der Waals surface area (Å²) in [4.78, 5) is 24.0. The molecule has 2 unspecified atom stereocenters. The maximum Gasteiger partial charge on any atom is 0.155 e. The van der Waals surface area contributed by atoms with E-state index in [-0.39, 0.29) is 10.8 Å². The Labute approximate surface area is 140 Å². The number of carbonyl (C=O) groups is 2. The average Bonchev–Trinajstić information content (AvgIpc) is 2.85. The molecule has 0 aliphatic heterocycles.